The fraction of sp³-hybridized carbons (Fsp3) is 0.636. The fourth-order valence-corrected chi connectivity index (χ4v) is 4.65. The van der Waals surface area contributed by atoms with Gasteiger partial charge in [-0.05, 0) is 70.1 Å². The second-order valence-corrected chi connectivity index (χ2v) is 9.27. The van der Waals surface area contributed by atoms with Crippen molar-refractivity contribution >= 4 is 23.1 Å². The van der Waals surface area contributed by atoms with Crippen molar-refractivity contribution in [1.29, 1.82) is 0 Å². The zero-order valence-corrected chi connectivity index (χ0v) is 17.3. The SMILES string of the molecule is CC(C)(C)OC(=O)N1CCC(c2ccc3nc(N)n(C4CCCC4)c3c2)CC1. The number of imidazole rings is 1. The molecule has 1 aliphatic heterocycles. The van der Waals surface area contributed by atoms with Crippen LogP contribution < -0.4 is 5.73 Å². The molecule has 2 heterocycles. The molecule has 2 aromatic rings. The van der Waals surface area contributed by atoms with Gasteiger partial charge in [-0.15, -0.1) is 0 Å². The molecule has 6 nitrogen and oxygen atoms in total. The summed E-state index contributed by atoms with van der Waals surface area (Å²) in [5, 5.41) is 0. The topological polar surface area (TPSA) is 73.4 Å². The summed E-state index contributed by atoms with van der Waals surface area (Å²) in [5.74, 6) is 1.09. The predicted octanol–water partition coefficient (Wildman–Crippen LogP) is 4.85. The number of carbonyl (C=O) groups is 1. The monoisotopic (exact) mass is 384 g/mol. The second-order valence-electron chi connectivity index (χ2n) is 9.27. The number of nitrogens with zero attached hydrogens (tertiary/aromatic N) is 3. The van der Waals surface area contributed by atoms with E-state index in [2.05, 4.69) is 27.8 Å². The lowest BCUT2D eigenvalue weighted by atomic mass is 9.89. The molecule has 6 heteroatoms. The van der Waals surface area contributed by atoms with Crippen LogP contribution in [0.1, 0.15) is 76.8 Å². The minimum Gasteiger partial charge on any atom is -0.444 e. The van der Waals surface area contributed by atoms with Gasteiger partial charge in [0.25, 0.3) is 0 Å². The van der Waals surface area contributed by atoms with E-state index >= 15 is 0 Å². The number of nitrogen functional groups attached to an aromatic ring is 1. The maximum atomic E-state index is 12.3. The number of piperidine rings is 1. The highest BCUT2D eigenvalue weighted by Crippen LogP contribution is 2.36. The van der Waals surface area contributed by atoms with E-state index in [0.717, 1.165) is 37.0 Å². The number of rotatable bonds is 2. The maximum absolute atomic E-state index is 12.3. The minimum absolute atomic E-state index is 0.200. The second kappa shape index (κ2) is 7.30. The molecular weight excluding hydrogens is 352 g/mol. The van der Waals surface area contributed by atoms with Crippen molar-refractivity contribution in [3.8, 4) is 0 Å². The Balaban J connectivity index is 1.49. The molecule has 1 aliphatic carbocycles. The van der Waals surface area contributed by atoms with Crippen molar-refractivity contribution < 1.29 is 9.53 Å². The zero-order chi connectivity index (χ0) is 19.9. The van der Waals surface area contributed by atoms with E-state index in [0.29, 0.717) is 17.9 Å². The van der Waals surface area contributed by atoms with Crippen LogP contribution in [-0.4, -0.2) is 39.2 Å². The lowest BCUT2D eigenvalue weighted by molar-refractivity contribution is 0.0205. The van der Waals surface area contributed by atoms with Gasteiger partial charge in [0, 0.05) is 19.1 Å². The van der Waals surface area contributed by atoms with Gasteiger partial charge in [0.2, 0.25) is 5.95 Å². The van der Waals surface area contributed by atoms with Crippen LogP contribution in [0.4, 0.5) is 10.7 Å². The van der Waals surface area contributed by atoms with Crippen LogP contribution in [0.3, 0.4) is 0 Å². The van der Waals surface area contributed by atoms with Crippen LogP contribution in [0.2, 0.25) is 0 Å². The molecule has 152 valence electrons. The fourth-order valence-electron chi connectivity index (χ4n) is 4.65. The first-order chi connectivity index (χ1) is 13.3. The van der Waals surface area contributed by atoms with Gasteiger partial charge >= 0.3 is 6.09 Å². The van der Waals surface area contributed by atoms with Crippen LogP contribution in [-0.2, 0) is 4.74 Å². The van der Waals surface area contributed by atoms with Crippen molar-refractivity contribution in [2.45, 2.75) is 76.9 Å². The van der Waals surface area contributed by atoms with Crippen LogP contribution in [0, 0.1) is 0 Å². The Bertz CT molecular complexity index is 853. The molecule has 1 aromatic heterocycles. The smallest absolute Gasteiger partial charge is 0.410 e. The van der Waals surface area contributed by atoms with E-state index in [-0.39, 0.29) is 6.09 Å². The Morgan fingerprint density at radius 1 is 1.14 bits per heavy atom. The van der Waals surface area contributed by atoms with E-state index in [9.17, 15) is 4.79 Å². The molecule has 2 N–H and O–H groups in total. The third kappa shape index (κ3) is 3.82. The van der Waals surface area contributed by atoms with Gasteiger partial charge in [0.15, 0.2) is 0 Å². The molecule has 0 radical (unpaired) electrons. The molecule has 0 atom stereocenters. The summed E-state index contributed by atoms with van der Waals surface area (Å²) < 4.78 is 7.76. The average molecular weight is 385 g/mol. The minimum atomic E-state index is -0.447. The van der Waals surface area contributed by atoms with E-state index < -0.39 is 5.60 Å². The van der Waals surface area contributed by atoms with E-state index in [4.69, 9.17) is 10.5 Å². The molecule has 28 heavy (non-hydrogen) atoms. The van der Waals surface area contributed by atoms with Crippen molar-refractivity contribution in [2.24, 2.45) is 0 Å². The summed E-state index contributed by atoms with van der Waals surface area (Å²) in [6.07, 6.45) is 6.63. The average Bonchev–Trinajstić information content (AvgIpc) is 3.26. The van der Waals surface area contributed by atoms with Gasteiger partial charge in [0.05, 0.1) is 11.0 Å². The van der Waals surface area contributed by atoms with Crippen LogP contribution in [0.25, 0.3) is 11.0 Å². The van der Waals surface area contributed by atoms with Gasteiger partial charge in [-0.2, -0.15) is 0 Å². The van der Waals surface area contributed by atoms with Crippen molar-refractivity contribution in [1.82, 2.24) is 14.5 Å². The first-order valence-corrected chi connectivity index (χ1v) is 10.6. The number of nitrogens with two attached hydrogens (primary N) is 1. The van der Waals surface area contributed by atoms with E-state index in [1.54, 1.807) is 0 Å². The normalized spacial score (nSPS) is 19.5. The Morgan fingerprint density at radius 3 is 2.46 bits per heavy atom. The van der Waals surface area contributed by atoms with Gasteiger partial charge in [0.1, 0.15) is 5.60 Å². The summed E-state index contributed by atoms with van der Waals surface area (Å²) in [4.78, 5) is 18.7. The van der Waals surface area contributed by atoms with Crippen molar-refractivity contribution in [2.75, 3.05) is 18.8 Å². The van der Waals surface area contributed by atoms with E-state index in [1.165, 1.54) is 31.2 Å². The number of ether oxygens (including phenoxy) is 1. The molecule has 1 saturated carbocycles. The van der Waals surface area contributed by atoms with E-state index in [1.807, 2.05) is 25.7 Å². The third-order valence-electron chi connectivity index (χ3n) is 6.05. The Kier molecular flexibility index (Phi) is 4.98. The quantitative estimate of drug-likeness (QED) is 0.803. The maximum Gasteiger partial charge on any atom is 0.410 e. The number of anilines is 1. The number of hydrogen-bond donors (Lipinski definition) is 1. The van der Waals surface area contributed by atoms with Crippen molar-refractivity contribution in [3.05, 3.63) is 23.8 Å². The molecule has 2 aliphatic rings. The molecule has 4 rings (SSSR count). The molecule has 1 aromatic carbocycles. The zero-order valence-electron chi connectivity index (χ0n) is 17.3. The number of hydrogen-bond acceptors (Lipinski definition) is 4. The highest BCUT2D eigenvalue weighted by atomic mass is 16.6. The Hall–Kier alpha value is -2.24. The summed E-state index contributed by atoms with van der Waals surface area (Å²) in [5.41, 5.74) is 9.29. The number of fused-ring (bicyclic) bond motifs is 1. The highest BCUT2D eigenvalue weighted by Gasteiger charge is 2.28. The molecule has 2 fully saturated rings. The van der Waals surface area contributed by atoms with Gasteiger partial charge in [-0.25, -0.2) is 9.78 Å². The lowest BCUT2D eigenvalue weighted by Gasteiger charge is -2.33. The predicted molar refractivity (Wildman–Crippen MR) is 111 cm³/mol. The molecule has 0 unspecified atom stereocenters. The highest BCUT2D eigenvalue weighted by molar-refractivity contribution is 5.79. The standard InChI is InChI=1S/C22H32N4O2/c1-22(2,3)28-21(27)25-12-10-15(11-13-25)16-8-9-18-19(14-16)26(20(23)24-18)17-6-4-5-7-17/h8-9,14-15,17H,4-7,10-13H2,1-3H3,(H2,23,24). The molecule has 0 spiro atoms. The van der Waals surface area contributed by atoms with Crippen LogP contribution in [0.5, 0.6) is 0 Å². The number of likely N-dealkylation sites (tertiary alicyclic amines) is 1. The number of aromatic nitrogens is 2. The summed E-state index contributed by atoms with van der Waals surface area (Å²) in [6.45, 7) is 7.20. The molecule has 1 saturated heterocycles. The summed E-state index contributed by atoms with van der Waals surface area (Å²) in [6, 6.07) is 7.05. The number of benzene rings is 1. The van der Waals surface area contributed by atoms with Crippen LogP contribution >= 0.6 is 0 Å². The Labute approximate surface area is 167 Å². The van der Waals surface area contributed by atoms with Gasteiger partial charge < -0.3 is 19.9 Å². The summed E-state index contributed by atoms with van der Waals surface area (Å²) >= 11 is 0. The number of amides is 1. The van der Waals surface area contributed by atoms with Crippen LogP contribution in [0.15, 0.2) is 18.2 Å². The molecular formula is C22H32N4O2. The first kappa shape index (κ1) is 19.1. The molecule has 1 amide bonds. The van der Waals surface area contributed by atoms with Gasteiger partial charge in [-0.1, -0.05) is 18.9 Å². The number of carbonyl (C=O) groups excluding carboxylic acids is 1. The summed E-state index contributed by atoms with van der Waals surface area (Å²) in [7, 11) is 0. The largest absolute Gasteiger partial charge is 0.444 e. The first-order valence-electron chi connectivity index (χ1n) is 10.6. The van der Waals surface area contributed by atoms with Gasteiger partial charge in [-0.3, -0.25) is 0 Å². The Morgan fingerprint density at radius 2 is 1.82 bits per heavy atom. The molecule has 0 bridgehead atoms. The van der Waals surface area contributed by atoms with Crippen molar-refractivity contribution in [3.63, 3.8) is 0 Å². The third-order valence-corrected chi connectivity index (χ3v) is 6.05. The lowest BCUT2D eigenvalue weighted by Crippen LogP contribution is -2.41.